The highest BCUT2D eigenvalue weighted by atomic mass is 32.5. The molecule has 0 aromatic carbocycles. The van der Waals surface area contributed by atoms with Gasteiger partial charge in [-0.05, 0) is 38.5 Å². The number of nitrogens with one attached hydrogen (secondary N) is 1. The van der Waals surface area contributed by atoms with Crippen molar-refractivity contribution in [2.24, 2.45) is 5.92 Å². The lowest BCUT2D eigenvalue weighted by Crippen LogP contribution is -2.21. The van der Waals surface area contributed by atoms with Gasteiger partial charge in [-0.3, -0.25) is 4.79 Å². The maximum atomic E-state index is 10.7. The Kier molecular flexibility index (Phi) is 10.6. The Hall–Kier alpha value is -0.0400. The van der Waals surface area contributed by atoms with Gasteiger partial charge in [0.1, 0.15) is 0 Å². The molecule has 0 aliphatic carbocycles. The van der Waals surface area contributed by atoms with Gasteiger partial charge in [0.2, 0.25) is 5.91 Å². The summed E-state index contributed by atoms with van der Waals surface area (Å²) in [6.07, 6.45) is 2.24. The summed E-state index contributed by atoms with van der Waals surface area (Å²) in [5.41, 5.74) is 0. The van der Waals surface area contributed by atoms with E-state index in [0.717, 1.165) is 19.3 Å². The molecule has 20 heavy (non-hydrogen) atoms. The molecule has 8 heteroatoms. The van der Waals surface area contributed by atoms with E-state index in [9.17, 15) is 14.8 Å². The largest absolute Gasteiger partial charge is 0.396 e. The van der Waals surface area contributed by atoms with E-state index in [1.54, 1.807) is 13.8 Å². The number of hydrogen-bond acceptors (Lipinski definition) is 5. The van der Waals surface area contributed by atoms with Crippen LogP contribution in [0.5, 0.6) is 0 Å². The van der Waals surface area contributed by atoms with Gasteiger partial charge >= 0.3 is 6.72 Å². The van der Waals surface area contributed by atoms with Crippen molar-refractivity contribution in [3.63, 3.8) is 0 Å². The van der Waals surface area contributed by atoms with E-state index in [4.69, 9.17) is 20.9 Å². The molecule has 0 aliphatic heterocycles. The second kappa shape index (κ2) is 10.7. The quantitative estimate of drug-likeness (QED) is 0.394. The summed E-state index contributed by atoms with van der Waals surface area (Å²) in [4.78, 5) is 20.4. The van der Waals surface area contributed by atoms with Crippen LogP contribution in [0.3, 0.4) is 0 Å². The maximum Gasteiger partial charge on any atom is 0.324 e. The number of hydrogen-bond donors (Lipinski definition) is 3. The Bertz CT molecular complexity index is 327. The number of amides is 1. The van der Waals surface area contributed by atoms with Crippen molar-refractivity contribution < 1.29 is 23.8 Å². The number of aliphatic hydroxyl groups excluding tert-OH is 1. The highest BCUT2D eigenvalue weighted by molar-refractivity contribution is 8.07. The van der Waals surface area contributed by atoms with Gasteiger partial charge in [0.25, 0.3) is 0 Å². The standard InChI is InChI=1S/C12H26NO5PS/c1-10(2)18-19(16,20)17-9-12(8-14)6-4-5-7-13-11(3)15/h10,12,14H,4-9H2,1-3H3,(H,13,15)(H,16,20). The number of rotatable bonds is 11. The summed E-state index contributed by atoms with van der Waals surface area (Å²) in [5.74, 6) is -0.128. The lowest BCUT2D eigenvalue weighted by Gasteiger charge is -2.21. The molecule has 0 heterocycles. The highest BCUT2D eigenvalue weighted by Gasteiger charge is 2.19. The van der Waals surface area contributed by atoms with Crippen LogP contribution in [0.4, 0.5) is 0 Å². The van der Waals surface area contributed by atoms with E-state index in [2.05, 4.69) is 5.32 Å². The Labute approximate surface area is 126 Å². The van der Waals surface area contributed by atoms with Crippen LogP contribution < -0.4 is 5.32 Å². The molecular weight excluding hydrogens is 301 g/mol. The molecule has 0 rings (SSSR count). The zero-order valence-corrected chi connectivity index (χ0v) is 14.1. The fourth-order valence-corrected chi connectivity index (χ4v) is 3.24. The lowest BCUT2D eigenvalue weighted by molar-refractivity contribution is -0.118. The van der Waals surface area contributed by atoms with Crippen LogP contribution in [0.15, 0.2) is 0 Å². The maximum absolute atomic E-state index is 10.7. The van der Waals surface area contributed by atoms with Crippen LogP contribution in [0.2, 0.25) is 0 Å². The molecular formula is C12H26NO5PS. The van der Waals surface area contributed by atoms with Gasteiger partial charge in [-0.2, -0.15) is 0 Å². The van der Waals surface area contributed by atoms with E-state index in [1.807, 2.05) is 0 Å². The summed E-state index contributed by atoms with van der Waals surface area (Å²) in [6, 6.07) is 0. The molecule has 0 spiro atoms. The first-order chi connectivity index (χ1) is 9.26. The fraction of sp³-hybridized carbons (Fsp3) is 0.917. The third-order valence-corrected chi connectivity index (χ3v) is 4.23. The third-order valence-electron chi connectivity index (χ3n) is 2.49. The molecule has 0 radical (unpaired) electrons. The first-order valence-corrected chi connectivity index (χ1v) is 9.37. The molecule has 1 amide bonds. The van der Waals surface area contributed by atoms with Crippen LogP contribution in [-0.2, 0) is 25.6 Å². The molecule has 0 saturated heterocycles. The molecule has 0 aliphatic rings. The van der Waals surface area contributed by atoms with Crippen LogP contribution in [0.25, 0.3) is 0 Å². The summed E-state index contributed by atoms with van der Waals surface area (Å²) in [5, 5.41) is 12.0. The van der Waals surface area contributed by atoms with Crippen LogP contribution >= 0.6 is 6.72 Å². The minimum Gasteiger partial charge on any atom is -0.396 e. The van der Waals surface area contributed by atoms with Gasteiger partial charge in [-0.15, -0.1) is 0 Å². The summed E-state index contributed by atoms with van der Waals surface area (Å²) in [6.45, 7) is 2.59. The third kappa shape index (κ3) is 11.8. The summed E-state index contributed by atoms with van der Waals surface area (Å²) >= 11 is 4.86. The molecule has 0 bridgehead atoms. The SMILES string of the molecule is CC(=O)NCCCCC(CO)COP(O)(=S)OC(C)C. The minimum atomic E-state index is -3.21. The predicted octanol–water partition coefficient (Wildman–Crippen LogP) is 1.56. The van der Waals surface area contributed by atoms with Gasteiger partial charge in [-0.25, -0.2) is 0 Å². The number of carbonyl (C=O) groups excluding carboxylic acids is 1. The highest BCUT2D eigenvalue weighted by Crippen LogP contribution is 2.45. The average molecular weight is 327 g/mol. The normalized spacial score (nSPS) is 15.9. The number of carbonyl (C=O) groups is 1. The van der Waals surface area contributed by atoms with Gasteiger partial charge in [0.05, 0.1) is 12.7 Å². The number of aliphatic hydroxyl groups is 1. The zero-order chi connectivity index (χ0) is 15.6. The van der Waals surface area contributed by atoms with E-state index in [1.165, 1.54) is 6.92 Å². The van der Waals surface area contributed by atoms with Crippen molar-refractivity contribution in [3.05, 3.63) is 0 Å². The van der Waals surface area contributed by atoms with Crippen molar-refractivity contribution in [2.45, 2.75) is 46.1 Å². The Morgan fingerprint density at radius 1 is 1.40 bits per heavy atom. The smallest absolute Gasteiger partial charge is 0.324 e. The van der Waals surface area contributed by atoms with Crippen LogP contribution in [-0.4, -0.2) is 41.8 Å². The molecule has 2 unspecified atom stereocenters. The van der Waals surface area contributed by atoms with Gasteiger partial charge in [0.15, 0.2) is 0 Å². The van der Waals surface area contributed by atoms with Crippen LogP contribution in [0, 0.1) is 5.92 Å². The summed E-state index contributed by atoms with van der Waals surface area (Å²) in [7, 11) is 0. The molecule has 0 aromatic rings. The van der Waals surface area contributed by atoms with Crippen LogP contribution in [0.1, 0.15) is 40.0 Å². The lowest BCUT2D eigenvalue weighted by atomic mass is 10.0. The van der Waals surface area contributed by atoms with Gasteiger partial charge in [-0.1, -0.05) is 6.42 Å². The van der Waals surface area contributed by atoms with Crippen molar-refractivity contribution in [1.29, 1.82) is 0 Å². The van der Waals surface area contributed by atoms with Crippen molar-refractivity contribution in [3.8, 4) is 0 Å². The van der Waals surface area contributed by atoms with Crippen molar-refractivity contribution >= 4 is 24.4 Å². The molecule has 0 aromatic heterocycles. The van der Waals surface area contributed by atoms with Crippen molar-refractivity contribution in [1.82, 2.24) is 5.32 Å². The van der Waals surface area contributed by atoms with E-state index >= 15 is 0 Å². The fourth-order valence-electron chi connectivity index (χ4n) is 1.55. The topological polar surface area (TPSA) is 88.0 Å². The molecule has 3 N–H and O–H groups in total. The van der Waals surface area contributed by atoms with E-state index in [0.29, 0.717) is 6.54 Å². The van der Waals surface area contributed by atoms with Crippen molar-refractivity contribution in [2.75, 3.05) is 19.8 Å². The van der Waals surface area contributed by atoms with Gasteiger partial charge < -0.3 is 24.4 Å². The summed E-state index contributed by atoms with van der Waals surface area (Å²) < 4.78 is 10.4. The van der Waals surface area contributed by atoms with Gasteiger partial charge in [0, 0.05) is 26.0 Å². The second-order valence-corrected chi connectivity index (χ2v) is 7.74. The molecule has 120 valence electrons. The second-order valence-electron chi connectivity index (χ2n) is 4.95. The molecule has 0 fully saturated rings. The Morgan fingerprint density at radius 3 is 2.55 bits per heavy atom. The molecule has 0 saturated carbocycles. The zero-order valence-electron chi connectivity index (χ0n) is 12.4. The predicted molar refractivity (Wildman–Crippen MR) is 81.8 cm³/mol. The van der Waals surface area contributed by atoms with E-state index in [-0.39, 0.29) is 31.1 Å². The molecule has 2 atom stereocenters. The minimum absolute atomic E-state index is 0.0306. The average Bonchev–Trinajstić information content (AvgIpc) is 2.30. The first kappa shape index (κ1) is 20.0. The van der Waals surface area contributed by atoms with E-state index < -0.39 is 6.72 Å². The molecule has 6 nitrogen and oxygen atoms in total. The number of unbranched alkanes of at least 4 members (excludes halogenated alkanes) is 1. The Morgan fingerprint density at radius 2 is 2.05 bits per heavy atom. The monoisotopic (exact) mass is 327 g/mol. The Balaban J connectivity index is 3.86. The first-order valence-electron chi connectivity index (χ1n) is 6.78.